The van der Waals surface area contributed by atoms with Gasteiger partial charge in [0, 0.05) is 30.5 Å². The Hall–Kier alpha value is -2.11. The predicted octanol–water partition coefficient (Wildman–Crippen LogP) is 4.71. The Bertz CT molecular complexity index is 934. The minimum atomic E-state index is 0.242. The molecule has 27 heavy (non-hydrogen) atoms. The maximum absolute atomic E-state index is 9.34. The van der Waals surface area contributed by atoms with E-state index in [0.717, 1.165) is 54.0 Å². The van der Waals surface area contributed by atoms with Crippen molar-refractivity contribution in [2.24, 2.45) is 5.92 Å². The lowest BCUT2D eigenvalue weighted by Crippen LogP contribution is -2.26. The first-order chi connectivity index (χ1) is 13.2. The van der Waals surface area contributed by atoms with Crippen LogP contribution in [-0.4, -0.2) is 32.7 Å². The third-order valence-corrected chi connectivity index (χ3v) is 5.55. The van der Waals surface area contributed by atoms with Gasteiger partial charge in [0.1, 0.15) is 17.1 Å². The molecule has 1 fully saturated rings. The first-order valence-electron chi connectivity index (χ1n) is 9.57. The molecule has 1 aromatic carbocycles. The summed E-state index contributed by atoms with van der Waals surface area (Å²) in [6.45, 7) is 3.10. The van der Waals surface area contributed by atoms with Crippen molar-refractivity contribution in [1.29, 1.82) is 0 Å². The van der Waals surface area contributed by atoms with E-state index in [1.807, 2.05) is 34.9 Å². The summed E-state index contributed by atoms with van der Waals surface area (Å²) < 4.78 is 7.90. The second-order valence-electron chi connectivity index (χ2n) is 7.20. The van der Waals surface area contributed by atoms with Crippen molar-refractivity contribution < 1.29 is 9.84 Å². The molecule has 1 aliphatic rings. The molecule has 3 aromatic rings. The zero-order valence-electron chi connectivity index (χ0n) is 15.4. The minimum absolute atomic E-state index is 0.242. The van der Waals surface area contributed by atoms with Gasteiger partial charge in [0.15, 0.2) is 5.15 Å². The van der Waals surface area contributed by atoms with E-state index in [4.69, 9.17) is 21.3 Å². The lowest BCUT2D eigenvalue weighted by Gasteiger charge is -2.32. The molecule has 0 spiro atoms. The lowest BCUT2D eigenvalue weighted by atomic mass is 9.75. The number of imidazole rings is 1. The Kier molecular flexibility index (Phi) is 5.32. The van der Waals surface area contributed by atoms with E-state index in [1.165, 1.54) is 0 Å². The quantitative estimate of drug-likeness (QED) is 0.598. The third kappa shape index (κ3) is 3.54. The van der Waals surface area contributed by atoms with E-state index in [9.17, 15) is 5.11 Å². The van der Waals surface area contributed by atoms with Crippen LogP contribution in [-0.2, 0) is 0 Å². The van der Waals surface area contributed by atoms with Crippen LogP contribution in [0, 0.1) is 5.92 Å². The molecule has 0 bridgehead atoms. The van der Waals surface area contributed by atoms with Crippen molar-refractivity contribution in [3.63, 3.8) is 0 Å². The second kappa shape index (κ2) is 7.87. The summed E-state index contributed by atoms with van der Waals surface area (Å²) in [5.74, 6) is 2.54. The molecule has 2 heterocycles. The molecule has 0 saturated heterocycles. The van der Waals surface area contributed by atoms with Gasteiger partial charge in [0.25, 0.3) is 0 Å². The van der Waals surface area contributed by atoms with Crippen LogP contribution in [0.3, 0.4) is 0 Å². The first-order valence-corrected chi connectivity index (χ1v) is 9.95. The van der Waals surface area contributed by atoms with Gasteiger partial charge in [-0.05, 0) is 37.3 Å². The van der Waals surface area contributed by atoms with Crippen LogP contribution in [0.1, 0.15) is 44.3 Å². The molecule has 0 atom stereocenters. The molecule has 1 aliphatic carbocycles. The molecule has 4 rings (SSSR count). The van der Waals surface area contributed by atoms with Gasteiger partial charge in [0.05, 0.1) is 12.3 Å². The average Bonchev–Trinajstić information content (AvgIpc) is 3.02. The maximum Gasteiger partial charge on any atom is 0.155 e. The molecule has 5 nitrogen and oxygen atoms in total. The predicted molar refractivity (Wildman–Crippen MR) is 106 cm³/mol. The van der Waals surface area contributed by atoms with Gasteiger partial charge in [0.2, 0.25) is 0 Å². The Morgan fingerprint density at radius 2 is 2.19 bits per heavy atom. The van der Waals surface area contributed by atoms with Crippen LogP contribution in [0.4, 0.5) is 0 Å². The molecule has 2 aromatic heterocycles. The van der Waals surface area contributed by atoms with Crippen LogP contribution in [0.2, 0.25) is 5.15 Å². The zero-order chi connectivity index (χ0) is 18.8. The van der Waals surface area contributed by atoms with Gasteiger partial charge in [-0.25, -0.2) is 9.97 Å². The number of aromatic nitrogens is 3. The van der Waals surface area contributed by atoms with Gasteiger partial charge >= 0.3 is 0 Å². The van der Waals surface area contributed by atoms with Gasteiger partial charge in [-0.15, -0.1) is 0 Å². The van der Waals surface area contributed by atoms with E-state index in [2.05, 4.69) is 11.9 Å². The average molecular weight is 386 g/mol. The summed E-state index contributed by atoms with van der Waals surface area (Å²) in [4.78, 5) is 9.21. The first kappa shape index (κ1) is 18.3. The molecule has 142 valence electrons. The summed E-state index contributed by atoms with van der Waals surface area (Å²) in [5, 5.41) is 9.78. The van der Waals surface area contributed by atoms with E-state index >= 15 is 0 Å². The highest BCUT2D eigenvalue weighted by Gasteiger charge is 2.33. The van der Waals surface area contributed by atoms with E-state index in [-0.39, 0.29) is 6.61 Å². The Morgan fingerprint density at radius 1 is 1.33 bits per heavy atom. The summed E-state index contributed by atoms with van der Waals surface area (Å²) in [6, 6.07) is 7.99. The number of halogens is 1. The standard InChI is InChI=1S/C21H24ClN3O2/c1-2-3-9-27-17-6-4-5-15(12-17)18-19-20(22)23-7-8-25(19)21(24-18)16-10-14(11-16)13-26/h4-8,12,14,16,26H,2-3,9-11,13H2,1H3. The molecule has 0 radical (unpaired) electrons. The van der Waals surface area contributed by atoms with Gasteiger partial charge in [-0.1, -0.05) is 37.1 Å². The number of aliphatic hydroxyl groups is 1. The van der Waals surface area contributed by atoms with Crippen LogP contribution >= 0.6 is 11.6 Å². The number of fused-ring (bicyclic) bond motifs is 1. The van der Waals surface area contributed by atoms with Crippen LogP contribution in [0.5, 0.6) is 5.75 Å². The number of nitrogens with zero attached hydrogens (tertiary/aromatic N) is 3. The van der Waals surface area contributed by atoms with E-state index < -0.39 is 0 Å². The molecular formula is C21H24ClN3O2. The number of aliphatic hydroxyl groups excluding tert-OH is 1. The number of benzene rings is 1. The molecule has 1 saturated carbocycles. The maximum atomic E-state index is 9.34. The molecule has 6 heteroatoms. The van der Waals surface area contributed by atoms with Crippen molar-refractivity contribution in [2.75, 3.05) is 13.2 Å². The van der Waals surface area contributed by atoms with Crippen LogP contribution in [0.15, 0.2) is 36.7 Å². The topological polar surface area (TPSA) is 59.7 Å². The summed E-state index contributed by atoms with van der Waals surface area (Å²) in [6.07, 6.45) is 7.67. The van der Waals surface area contributed by atoms with Crippen molar-refractivity contribution in [3.05, 3.63) is 47.6 Å². The number of ether oxygens (including phenoxy) is 1. The highest BCUT2D eigenvalue weighted by Crippen LogP contribution is 2.43. The number of hydrogen-bond acceptors (Lipinski definition) is 4. The third-order valence-electron chi connectivity index (χ3n) is 5.27. The second-order valence-corrected chi connectivity index (χ2v) is 7.56. The van der Waals surface area contributed by atoms with Gasteiger partial charge in [-0.3, -0.25) is 4.40 Å². The van der Waals surface area contributed by atoms with Crippen molar-refractivity contribution in [1.82, 2.24) is 14.4 Å². The lowest BCUT2D eigenvalue weighted by molar-refractivity contribution is 0.138. The highest BCUT2D eigenvalue weighted by molar-refractivity contribution is 6.33. The number of rotatable bonds is 7. The van der Waals surface area contributed by atoms with Crippen molar-refractivity contribution in [2.45, 2.75) is 38.5 Å². The molecular weight excluding hydrogens is 362 g/mol. The van der Waals surface area contributed by atoms with Crippen LogP contribution < -0.4 is 4.74 Å². The molecule has 0 aliphatic heterocycles. The molecule has 0 amide bonds. The minimum Gasteiger partial charge on any atom is -0.494 e. The largest absolute Gasteiger partial charge is 0.494 e. The SMILES string of the molecule is CCCCOc1cccc(-c2nc(C3CC(CO)C3)n3ccnc(Cl)c23)c1. The molecule has 1 N–H and O–H groups in total. The summed E-state index contributed by atoms with van der Waals surface area (Å²) in [5.41, 5.74) is 2.63. The number of unbranched alkanes of at least 4 members (excludes halogenated alkanes) is 1. The monoisotopic (exact) mass is 385 g/mol. The Labute approximate surface area is 164 Å². The van der Waals surface area contributed by atoms with Gasteiger partial charge < -0.3 is 9.84 Å². The fourth-order valence-corrected chi connectivity index (χ4v) is 3.91. The molecule has 0 unspecified atom stereocenters. The smallest absolute Gasteiger partial charge is 0.155 e. The Balaban J connectivity index is 1.73. The Morgan fingerprint density at radius 3 is 2.96 bits per heavy atom. The van der Waals surface area contributed by atoms with E-state index in [0.29, 0.717) is 23.6 Å². The van der Waals surface area contributed by atoms with E-state index in [1.54, 1.807) is 6.20 Å². The van der Waals surface area contributed by atoms with Crippen molar-refractivity contribution in [3.8, 4) is 17.0 Å². The fourth-order valence-electron chi connectivity index (χ4n) is 3.68. The summed E-state index contributed by atoms with van der Waals surface area (Å²) in [7, 11) is 0. The summed E-state index contributed by atoms with van der Waals surface area (Å²) >= 11 is 6.45. The van der Waals surface area contributed by atoms with Crippen LogP contribution in [0.25, 0.3) is 16.8 Å². The zero-order valence-corrected chi connectivity index (χ0v) is 16.2. The normalized spacial score (nSPS) is 19.2. The highest BCUT2D eigenvalue weighted by atomic mass is 35.5. The number of hydrogen-bond donors (Lipinski definition) is 1. The fraction of sp³-hybridized carbons (Fsp3) is 0.429. The van der Waals surface area contributed by atoms with Crippen molar-refractivity contribution >= 4 is 17.1 Å². The van der Waals surface area contributed by atoms with Gasteiger partial charge in [-0.2, -0.15) is 0 Å².